The van der Waals surface area contributed by atoms with Gasteiger partial charge in [0.2, 0.25) is 17.7 Å². The van der Waals surface area contributed by atoms with Crippen LogP contribution in [0.1, 0.15) is 51.0 Å². The summed E-state index contributed by atoms with van der Waals surface area (Å²) < 4.78 is 11.7. The van der Waals surface area contributed by atoms with Crippen molar-refractivity contribution >= 4 is 23.4 Å². The summed E-state index contributed by atoms with van der Waals surface area (Å²) in [6.45, 7) is 2.00. The second kappa shape index (κ2) is 11.3. The molecule has 216 valence electrons. The summed E-state index contributed by atoms with van der Waals surface area (Å²) in [6, 6.07) is 16.3. The highest BCUT2D eigenvalue weighted by molar-refractivity contribution is 6.03. The van der Waals surface area contributed by atoms with Gasteiger partial charge in [-0.2, -0.15) is 0 Å². The zero-order valence-electron chi connectivity index (χ0n) is 23.8. The fraction of sp³-hybridized carbons (Fsp3) is 0.485. The van der Waals surface area contributed by atoms with Crippen molar-refractivity contribution in [2.24, 2.45) is 11.8 Å². The molecular formula is C33H39N3O5. The van der Waals surface area contributed by atoms with Crippen molar-refractivity contribution in [3.8, 4) is 5.75 Å². The summed E-state index contributed by atoms with van der Waals surface area (Å²) in [5.74, 6) is -1.46. The predicted molar refractivity (Wildman–Crippen MR) is 155 cm³/mol. The van der Waals surface area contributed by atoms with Crippen molar-refractivity contribution in [1.82, 2.24) is 10.2 Å². The lowest BCUT2D eigenvalue weighted by Crippen LogP contribution is -2.58. The molecule has 3 fully saturated rings. The smallest absolute Gasteiger partial charge is 0.246 e. The number of rotatable bonds is 9. The van der Waals surface area contributed by atoms with E-state index in [9.17, 15) is 14.4 Å². The molecule has 41 heavy (non-hydrogen) atoms. The Morgan fingerprint density at radius 3 is 2.49 bits per heavy atom. The maximum absolute atomic E-state index is 14.3. The van der Waals surface area contributed by atoms with Gasteiger partial charge in [0.05, 0.1) is 25.0 Å². The number of likely N-dealkylation sites (tertiary alicyclic amines) is 1. The Balaban J connectivity index is 1.28. The minimum absolute atomic E-state index is 0.0972. The Morgan fingerprint density at radius 2 is 1.78 bits per heavy atom. The maximum atomic E-state index is 14.3. The van der Waals surface area contributed by atoms with Crippen molar-refractivity contribution in [3.05, 3.63) is 72.3 Å². The van der Waals surface area contributed by atoms with Crippen LogP contribution in [-0.4, -0.2) is 59.6 Å². The van der Waals surface area contributed by atoms with Crippen LogP contribution in [0.3, 0.4) is 0 Å². The van der Waals surface area contributed by atoms with Gasteiger partial charge in [-0.1, -0.05) is 61.7 Å². The average Bonchev–Trinajstić information content (AvgIpc) is 3.64. The Hall–Kier alpha value is -3.65. The normalized spacial score (nSPS) is 29.3. The molecule has 2 saturated heterocycles. The molecule has 0 aromatic heterocycles. The van der Waals surface area contributed by atoms with E-state index in [1.165, 1.54) is 12.0 Å². The highest BCUT2D eigenvalue weighted by Gasteiger charge is 2.73. The first-order chi connectivity index (χ1) is 19.9. The van der Waals surface area contributed by atoms with Gasteiger partial charge in [0, 0.05) is 17.8 Å². The van der Waals surface area contributed by atoms with Crippen LogP contribution in [0, 0.1) is 11.8 Å². The molecule has 1 aliphatic carbocycles. The van der Waals surface area contributed by atoms with Crippen molar-refractivity contribution in [3.63, 3.8) is 0 Å². The number of hydrogen-bond donors (Lipinski definition) is 2. The summed E-state index contributed by atoms with van der Waals surface area (Å²) in [4.78, 5) is 43.8. The van der Waals surface area contributed by atoms with E-state index in [0.29, 0.717) is 17.9 Å². The number of carbonyl (C=O) groups excluding carboxylic acids is 3. The molecule has 6 rings (SSSR count). The van der Waals surface area contributed by atoms with E-state index in [0.717, 1.165) is 32.1 Å². The number of methoxy groups -OCH3 is 1. The number of fused-ring (bicyclic) bond motifs is 1. The minimum atomic E-state index is -1.16. The van der Waals surface area contributed by atoms with Crippen LogP contribution in [0.25, 0.3) is 0 Å². The SMILES string of the molecule is COc1ccc(NC(=O)[C@H]2[C@H]3C=C[C@]4(O3)[C@H](C(=O)NC3CCCCC3)N([C@H](C)CCc3ccccc3)C(=O)[C@@H]24)cc1. The monoisotopic (exact) mass is 557 g/mol. The predicted octanol–water partition coefficient (Wildman–Crippen LogP) is 4.25. The molecule has 2 N–H and O–H groups in total. The standard InChI is InChI=1S/C33H39N3O5/c1-21(13-14-22-9-5-3-6-10-22)36-29(31(38)35-23-11-7-4-8-12-23)33-20-19-26(41-33)27(28(33)32(36)39)30(37)34-24-15-17-25(40-2)18-16-24/h3,5-6,9-10,15-21,23,26-29H,4,7-8,11-14H2,1-2H3,(H,34,37)(H,35,38)/t21-,26-,27+,28-,29+,33-/m1/s1. The van der Waals surface area contributed by atoms with Gasteiger partial charge < -0.3 is 25.0 Å². The number of ether oxygens (including phenoxy) is 2. The summed E-state index contributed by atoms with van der Waals surface area (Å²) >= 11 is 0. The average molecular weight is 558 g/mol. The number of benzene rings is 2. The largest absolute Gasteiger partial charge is 0.497 e. The summed E-state index contributed by atoms with van der Waals surface area (Å²) in [5.41, 5.74) is 0.631. The first kappa shape index (κ1) is 27.5. The van der Waals surface area contributed by atoms with Gasteiger partial charge in [0.25, 0.3) is 0 Å². The third-order valence-corrected chi connectivity index (χ3v) is 9.34. The van der Waals surface area contributed by atoms with Crippen LogP contribution in [0.2, 0.25) is 0 Å². The van der Waals surface area contributed by atoms with E-state index in [-0.39, 0.29) is 29.8 Å². The third kappa shape index (κ3) is 5.03. The lowest BCUT2D eigenvalue weighted by molar-refractivity contribution is -0.143. The summed E-state index contributed by atoms with van der Waals surface area (Å²) in [6.07, 6.45) is 9.90. The fourth-order valence-electron chi connectivity index (χ4n) is 7.27. The Labute approximate surface area is 241 Å². The lowest BCUT2D eigenvalue weighted by Gasteiger charge is -2.36. The van der Waals surface area contributed by atoms with Crippen molar-refractivity contribution in [1.29, 1.82) is 0 Å². The topological polar surface area (TPSA) is 97.0 Å². The molecule has 1 saturated carbocycles. The van der Waals surface area contributed by atoms with Gasteiger partial charge in [-0.3, -0.25) is 14.4 Å². The zero-order chi connectivity index (χ0) is 28.6. The van der Waals surface area contributed by atoms with Crippen LogP contribution in [0.5, 0.6) is 5.75 Å². The third-order valence-electron chi connectivity index (χ3n) is 9.34. The van der Waals surface area contributed by atoms with E-state index in [2.05, 4.69) is 22.8 Å². The van der Waals surface area contributed by atoms with Crippen LogP contribution in [0.15, 0.2) is 66.7 Å². The van der Waals surface area contributed by atoms with Crippen LogP contribution in [0.4, 0.5) is 5.69 Å². The molecule has 0 radical (unpaired) electrons. The first-order valence-corrected chi connectivity index (χ1v) is 14.9. The van der Waals surface area contributed by atoms with Gasteiger partial charge in [0.1, 0.15) is 17.4 Å². The Morgan fingerprint density at radius 1 is 1.05 bits per heavy atom. The van der Waals surface area contributed by atoms with Gasteiger partial charge in [-0.15, -0.1) is 0 Å². The molecule has 2 bridgehead atoms. The van der Waals surface area contributed by atoms with Crippen molar-refractivity contribution in [2.45, 2.75) is 81.7 Å². The van der Waals surface area contributed by atoms with E-state index < -0.39 is 29.6 Å². The van der Waals surface area contributed by atoms with E-state index in [1.54, 1.807) is 36.3 Å². The van der Waals surface area contributed by atoms with Crippen LogP contribution >= 0.6 is 0 Å². The second-order valence-corrected chi connectivity index (χ2v) is 11.9. The first-order valence-electron chi connectivity index (χ1n) is 14.9. The molecule has 1 spiro atoms. The highest BCUT2D eigenvalue weighted by Crippen LogP contribution is 2.56. The highest BCUT2D eigenvalue weighted by atomic mass is 16.5. The summed E-state index contributed by atoms with van der Waals surface area (Å²) in [5, 5.41) is 6.24. The molecule has 4 aliphatic rings. The molecule has 3 heterocycles. The Bertz CT molecular complexity index is 1310. The molecule has 0 unspecified atom stereocenters. The van der Waals surface area contributed by atoms with E-state index >= 15 is 0 Å². The quantitative estimate of drug-likeness (QED) is 0.450. The molecule has 8 nitrogen and oxygen atoms in total. The van der Waals surface area contributed by atoms with E-state index in [4.69, 9.17) is 9.47 Å². The van der Waals surface area contributed by atoms with Crippen molar-refractivity contribution in [2.75, 3.05) is 12.4 Å². The van der Waals surface area contributed by atoms with Gasteiger partial charge in [0.15, 0.2) is 0 Å². The number of aryl methyl sites for hydroxylation is 1. The minimum Gasteiger partial charge on any atom is -0.497 e. The number of hydrogen-bond acceptors (Lipinski definition) is 5. The lowest BCUT2D eigenvalue weighted by atomic mass is 9.74. The van der Waals surface area contributed by atoms with Gasteiger partial charge in [-0.05, 0) is 62.4 Å². The number of anilines is 1. The molecule has 3 amide bonds. The van der Waals surface area contributed by atoms with Crippen LogP contribution in [-0.2, 0) is 25.5 Å². The number of nitrogens with one attached hydrogen (secondary N) is 2. The van der Waals surface area contributed by atoms with Crippen molar-refractivity contribution < 1.29 is 23.9 Å². The van der Waals surface area contributed by atoms with Gasteiger partial charge >= 0.3 is 0 Å². The molecule has 8 heteroatoms. The number of carbonyl (C=O) groups is 3. The molecule has 2 aromatic rings. The Kier molecular flexibility index (Phi) is 7.60. The number of amides is 3. The van der Waals surface area contributed by atoms with E-state index in [1.807, 2.05) is 37.3 Å². The number of nitrogens with zero attached hydrogens (tertiary/aromatic N) is 1. The van der Waals surface area contributed by atoms with Gasteiger partial charge in [-0.25, -0.2) is 0 Å². The fourth-order valence-corrected chi connectivity index (χ4v) is 7.27. The summed E-state index contributed by atoms with van der Waals surface area (Å²) in [7, 11) is 1.59. The second-order valence-electron chi connectivity index (χ2n) is 11.9. The van der Waals surface area contributed by atoms with Crippen LogP contribution < -0.4 is 15.4 Å². The molecule has 6 atom stereocenters. The molecule has 2 aromatic carbocycles. The maximum Gasteiger partial charge on any atom is 0.246 e. The molecular weight excluding hydrogens is 518 g/mol. The zero-order valence-corrected chi connectivity index (χ0v) is 23.8. The molecule has 3 aliphatic heterocycles.